The minimum Gasteiger partial charge on any atom is -0.493 e. The van der Waals surface area contributed by atoms with Crippen molar-refractivity contribution < 1.29 is 13.9 Å². The lowest BCUT2D eigenvalue weighted by Gasteiger charge is -2.05. The number of ketones is 1. The summed E-state index contributed by atoms with van der Waals surface area (Å²) in [5.74, 6) is 0.570. The van der Waals surface area contributed by atoms with Crippen LogP contribution in [0.2, 0.25) is 0 Å². The summed E-state index contributed by atoms with van der Waals surface area (Å²) in [5.41, 5.74) is 2.55. The molecule has 0 saturated carbocycles. The van der Waals surface area contributed by atoms with E-state index in [9.17, 15) is 9.18 Å². The molecular formula is C16H12BrFO2. The number of hydrogen-bond acceptors (Lipinski definition) is 2. The van der Waals surface area contributed by atoms with Gasteiger partial charge in [0, 0.05) is 18.4 Å². The Morgan fingerprint density at radius 3 is 2.90 bits per heavy atom. The molecule has 0 bridgehead atoms. The number of fused-ring (bicyclic) bond motifs is 1. The summed E-state index contributed by atoms with van der Waals surface area (Å²) in [7, 11) is 0. The summed E-state index contributed by atoms with van der Waals surface area (Å²) < 4.78 is 19.0. The number of rotatable bonds is 3. The van der Waals surface area contributed by atoms with Crippen molar-refractivity contribution in [1.29, 1.82) is 0 Å². The molecule has 2 nitrogen and oxygen atoms in total. The number of benzene rings is 2. The maximum Gasteiger partial charge on any atom is 0.167 e. The van der Waals surface area contributed by atoms with Crippen LogP contribution in [0.3, 0.4) is 0 Å². The van der Waals surface area contributed by atoms with Crippen molar-refractivity contribution in [1.82, 2.24) is 0 Å². The van der Waals surface area contributed by atoms with E-state index in [0.717, 1.165) is 23.3 Å². The molecule has 2 aromatic rings. The highest BCUT2D eigenvalue weighted by Gasteiger charge is 2.15. The molecule has 20 heavy (non-hydrogen) atoms. The van der Waals surface area contributed by atoms with Crippen molar-refractivity contribution in [2.45, 2.75) is 12.8 Å². The molecule has 0 aliphatic carbocycles. The van der Waals surface area contributed by atoms with Crippen molar-refractivity contribution in [3.63, 3.8) is 0 Å². The van der Waals surface area contributed by atoms with E-state index in [-0.39, 0.29) is 18.0 Å². The van der Waals surface area contributed by atoms with Crippen molar-refractivity contribution in [2.24, 2.45) is 0 Å². The fourth-order valence-corrected chi connectivity index (χ4v) is 2.72. The molecule has 0 fully saturated rings. The highest BCUT2D eigenvalue weighted by Crippen LogP contribution is 2.26. The second kappa shape index (κ2) is 5.37. The summed E-state index contributed by atoms with van der Waals surface area (Å²) in [6, 6.07) is 10.2. The first kappa shape index (κ1) is 13.3. The van der Waals surface area contributed by atoms with Gasteiger partial charge in [0.1, 0.15) is 11.6 Å². The van der Waals surface area contributed by atoms with Gasteiger partial charge < -0.3 is 4.74 Å². The zero-order valence-corrected chi connectivity index (χ0v) is 12.2. The first-order chi connectivity index (χ1) is 9.63. The zero-order chi connectivity index (χ0) is 14.1. The number of ether oxygens (including phenoxy) is 1. The van der Waals surface area contributed by atoms with E-state index in [1.54, 1.807) is 18.2 Å². The Bertz CT molecular complexity index is 682. The Balaban J connectivity index is 1.80. The van der Waals surface area contributed by atoms with Gasteiger partial charge in [-0.3, -0.25) is 4.79 Å². The molecule has 0 amide bonds. The van der Waals surface area contributed by atoms with Crippen LogP contribution in [0.25, 0.3) is 0 Å². The van der Waals surface area contributed by atoms with Crippen LogP contribution in [-0.2, 0) is 12.8 Å². The maximum atomic E-state index is 13.2. The monoisotopic (exact) mass is 334 g/mol. The van der Waals surface area contributed by atoms with E-state index in [0.29, 0.717) is 16.6 Å². The minimum atomic E-state index is -0.323. The molecule has 1 heterocycles. The molecule has 1 aliphatic heterocycles. The molecular weight excluding hydrogens is 323 g/mol. The van der Waals surface area contributed by atoms with Crippen LogP contribution in [0.5, 0.6) is 5.75 Å². The summed E-state index contributed by atoms with van der Waals surface area (Å²) in [4.78, 5) is 12.3. The maximum absolute atomic E-state index is 13.2. The Morgan fingerprint density at radius 2 is 2.10 bits per heavy atom. The molecule has 0 unspecified atom stereocenters. The van der Waals surface area contributed by atoms with Gasteiger partial charge >= 0.3 is 0 Å². The number of carbonyl (C=O) groups is 1. The predicted octanol–water partition coefficient (Wildman–Crippen LogP) is 3.95. The van der Waals surface area contributed by atoms with Crippen molar-refractivity contribution in [3.8, 4) is 5.75 Å². The lowest BCUT2D eigenvalue weighted by molar-refractivity contribution is 0.0993. The normalized spacial score (nSPS) is 12.9. The third-order valence-electron chi connectivity index (χ3n) is 3.36. The first-order valence-electron chi connectivity index (χ1n) is 6.36. The quantitative estimate of drug-likeness (QED) is 0.794. The van der Waals surface area contributed by atoms with Crippen LogP contribution in [0.15, 0.2) is 40.9 Å². The van der Waals surface area contributed by atoms with Crippen LogP contribution in [0.4, 0.5) is 4.39 Å². The fourth-order valence-electron chi connectivity index (χ4n) is 2.30. The van der Waals surface area contributed by atoms with Crippen molar-refractivity contribution in [3.05, 3.63) is 63.4 Å². The minimum absolute atomic E-state index is 0.0261. The highest BCUT2D eigenvalue weighted by molar-refractivity contribution is 9.10. The molecule has 0 atom stereocenters. The van der Waals surface area contributed by atoms with Crippen LogP contribution in [0.1, 0.15) is 21.5 Å². The molecule has 1 aliphatic rings. The average molecular weight is 335 g/mol. The Labute approximate surface area is 124 Å². The second-order valence-corrected chi connectivity index (χ2v) is 5.62. The molecule has 102 valence electrons. The van der Waals surface area contributed by atoms with Crippen LogP contribution in [-0.4, -0.2) is 12.4 Å². The van der Waals surface area contributed by atoms with Crippen LogP contribution >= 0.6 is 15.9 Å². The molecule has 3 rings (SSSR count). The third kappa shape index (κ3) is 2.61. The summed E-state index contributed by atoms with van der Waals surface area (Å²) in [5, 5.41) is 0. The topological polar surface area (TPSA) is 26.3 Å². The summed E-state index contributed by atoms with van der Waals surface area (Å²) in [6.07, 6.45) is 1.11. The van der Waals surface area contributed by atoms with Gasteiger partial charge in [-0.2, -0.15) is 0 Å². The smallest absolute Gasteiger partial charge is 0.167 e. The molecule has 0 N–H and O–H groups in total. The summed E-state index contributed by atoms with van der Waals surface area (Å²) in [6.45, 7) is 0.678. The van der Waals surface area contributed by atoms with E-state index in [2.05, 4.69) is 15.9 Å². The lowest BCUT2D eigenvalue weighted by Crippen LogP contribution is -2.04. The van der Waals surface area contributed by atoms with E-state index in [1.165, 1.54) is 6.07 Å². The van der Waals surface area contributed by atoms with Gasteiger partial charge in [0.05, 0.1) is 11.1 Å². The Morgan fingerprint density at radius 1 is 1.25 bits per heavy atom. The number of carbonyl (C=O) groups excluding carboxylic acids is 1. The van der Waals surface area contributed by atoms with Gasteiger partial charge in [-0.25, -0.2) is 4.39 Å². The number of Topliss-reactive ketones (excluding diaryl/α,β-unsaturated/α-hetero) is 1. The van der Waals surface area contributed by atoms with Gasteiger partial charge in [0.2, 0.25) is 0 Å². The van der Waals surface area contributed by atoms with E-state index < -0.39 is 0 Å². The van der Waals surface area contributed by atoms with Crippen LogP contribution in [0, 0.1) is 5.82 Å². The van der Waals surface area contributed by atoms with Gasteiger partial charge in [-0.1, -0.05) is 6.07 Å². The standard InChI is InChI=1S/C16H12BrFO2/c17-13-7-10(1-3-14(13)18)8-15(19)11-2-4-16-12(9-11)5-6-20-16/h1-4,7,9H,5-6,8H2. The van der Waals surface area contributed by atoms with Gasteiger partial charge in [-0.05, 0) is 57.4 Å². The Kier molecular flexibility index (Phi) is 3.57. The van der Waals surface area contributed by atoms with Gasteiger partial charge in [0.15, 0.2) is 5.78 Å². The average Bonchev–Trinajstić information content (AvgIpc) is 2.90. The van der Waals surface area contributed by atoms with Crippen molar-refractivity contribution >= 4 is 21.7 Å². The zero-order valence-electron chi connectivity index (χ0n) is 10.7. The molecule has 0 aromatic heterocycles. The second-order valence-electron chi connectivity index (χ2n) is 4.77. The number of hydrogen-bond donors (Lipinski definition) is 0. The fraction of sp³-hybridized carbons (Fsp3) is 0.188. The number of halogens is 2. The van der Waals surface area contributed by atoms with E-state index in [4.69, 9.17) is 4.74 Å². The first-order valence-corrected chi connectivity index (χ1v) is 7.15. The molecule has 0 radical (unpaired) electrons. The highest BCUT2D eigenvalue weighted by atomic mass is 79.9. The molecule has 4 heteroatoms. The summed E-state index contributed by atoms with van der Waals surface area (Å²) >= 11 is 3.13. The molecule has 2 aromatic carbocycles. The SMILES string of the molecule is O=C(Cc1ccc(F)c(Br)c1)c1ccc2c(c1)CCO2. The lowest BCUT2D eigenvalue weighted by atomic mass is 10.0. The van der Waals surface area contributed by atoms with Crippen LogP contribution < -0.4 is 4.74 Å². The van der Waals surface area contributed by atoms with Gasteiger partial charge in [-0.15, -0.1) is 0 Å². The third-order valence-corrected chi connectivity index (χ3v) is 3.97. The van der Waals surface area contributed by atoms with E-state index >= 15 is 0 Å². The molecule has 0 spiro atoms. The van der Waals surface area contributed by atoms with Crippen molar-refractivity contribution in [2.75, 3.05) is 6.61 Å². The Hall–Kier alpha value is -1.68. The van der Waals surface area contributed by atoms with E-state index in [1.807, 2.05) is 12.1 Å². The van der Waals surface area contributed by atoms with Gasteiger partial charge in [0.25, 0.3) is 0 Å². The predicted molar refractivity (Wildman–Crippen MR) is 77.8 cm³/mol. The largest absolute Gasteiger partial charge is 0.493 e. The molecule has 0 saturated heterocycles.